The first-order chi connectivity index (χ1) is 11.7. The molecule has 0 aliphatic heterocycles. The smallest absolute Gasteiger partial charge is 0.227 e. The summed E-state index contributed by atoms with van der Waals surface area (Å²) in [4.78, 5) is 8.24. The zero-order valence-corrected chi connectivity index (χ0v) is 13.0. The fraction of sp³-hybridized carbons (Fsp3) is 0.462. The summed E-state index contributed by atoms with van der Waals surface area (Å²) < 4.78 is 13.5. The molecular formula is C13H17N7O4. The number of hydrogen-bond donors (Lipinski definition) is 2. The average molecular weight is 335 g/mol. The van der Waals surface area contributed by atoms with E-state index in [9.17, 15) is 5.11 Å². The van der Waals surface area contributed by atoms with Crippen LogP contribution in [-0.4, -0.2) is 71.4 Å². The average Bonchev–Trinajstić information content (AvgIpc) is 3.22. The first-order valence-corrected chi connectivity index (χ1v) is 7.17. The molecule has 0 amide bonds. The molecule has 0 aliphatic carbocycles. The van der Waals surface area contributed by atoms with E-state index >= 15 is 0 Å². The summed E-state index contributed by atoms with van der Waals surface area (Å²) in [5, 5.41) is 30.9. The molecule has 3 heterocycles. The molecule has 0 fully saturated rings. The molecule has 0 saturated heterocycles. The summed E-state index contributed by atoms with van der Waals surface area (Å²) in [5.41, 5.74) is 1.31. The van der Waals surface area contributed by atoms with E-state index in [2.05, 4.69) is 25.4 Å². The van der Waals surface area contributed by atoms with E-state index in [1.54, 1.807) is 24.2 Å². The Bertz CT molecular complexity index is 803. The number of aliphatic hydroxyl groups is 2. The van der Waals surface area contributed by atoms with Crippen molar-refractivity contribution in [3.63, 3.8) is 0 Å². The molecule has 0 spiro atoms. The van der Waals surface area contributed by atoms with Gasteiger partial charge in [0, 0.05) is 0 Å². The molecule has 24 heavy (non-hydrogen) atoms. The Morgan fingerprint density at radius 3 is 3.00 bits per heavy atom. The van der Waals surface area contributed by atoms with Gasteiger partial charge in [0.05, 0.1) is 39.3 Å². The van der Waals surface area contributed by atoms with Gasteiger partial charge in [-0.1, -0.05) is 5.21 Å². The summed E-state index contributed by atoms with van der Waals surface area (Å²) in [5.74, 6) is 0.464. The van der Waals surface area contributed by atoms with Crippen molar-refractivity contribution in [2.24, 2.45) is 0 Å². The second kappa shape index (κ2) is 7.29. The van der Waals surface area contributed by atoms with Crippen molar-refractivity contribution in [2.45, 2.75) is 19.4 Å². The standard InChI is InChI=1S/C13H17N7O4/c1-23-13-11-2-16-20(12(11)14-7-15-13)4-9-3-19(18-17-9)8-24-6-10(22)5-21/h2-3,7,10,21-22H,4-6,8H2,1H3/t10-/m0/s1. The third-order valence-corrected chi connectivity index (χ3v) is 3.23. The maximum atomic E-state index is 9.20. The molecule has 2 N–H and O–H groups in total. The fourth-order valence-corrected chi connectivity index (χ4v) is 2.11. The van der Waals surface area contributed by atoms with Gasteiger partial charge in [-0.05, 0) is 0 Å². The van der Waals surface area contributed by atoms with Gasteiger partial charge < -0.3 is 19.7 Å². The lowest BCUT2D eigenvalue weighted by molar-refractivity contribution is -0.0209. The van der Waals surface area contributed by atoms with Crippen molar-refractivity contribution in [3.8, 4) is 5.88 Å². The molecule has 0 bridgehead atoms. The van der Waals surface area contributed by atoms with Gasteiger partial charge in [-0.25, -0.2) is 19.3 Å². The lowest BCUT2D eigenvalue weighted by Gasteiger charge is -2.07. The second-order valence-corrected chi connectivity index (χ2v) is 5.01. The molecule has 0 saturated carbocycles. The van der Waals surface area contributed by atoms with Gasteiger partial charge >= 0.3 is 0 Å². The van der Waals surface area contributed by atoms with Gasteiger partial charge in [0.15, 0.2) is 5.65 Å². The Kier molecular flexibility index (Phi) is 4.93. The number of aromatic nitrogens is 7. The number of fused-ring (bicyclic) bond motifs is 1. The summed E-state index contributed by atoms with van der Waals surface area (Å²) in [6, 6.07) is 0. The third-order valence-electron chi connectivity index (χ3n) is 3.23. The van der Waals surface area contributed by atoms with Crippen LogP contribution in [0.1, 0.15) is 5.69 Å². The van der Waals surface area contributed by atoms with Crippen LogP contribution >= 0.6 is 0 Å². The normalized spacial score (nSPS) is 12.6. The SMILES string of the molecule is COc1ncnc2c1cnn2Cc1cn(COC[C@@H](O)CO)nn1. The minimum absolute atomic E-state index is 0.0200. The molecule has 3 aromatic rings. The quantitative estimate of drug-likeness (QED) is 0.520. The maximum absolute atomic E-state index is 9.20. The number of ether oxygens (including phenoxy) is 2. The topological polar surface area (TPSA) is 133 Å². The van der Waals surface area contributed by atoms with E-state index in [0.717, 1.165) is 0 Å². The number of hydrogen-bond acceptors (Lipinski definition) is 9. The monoisotopic (exact) mass is 335 g/mol. The van der Waals surface area contributed by atoms with Crippen molar-refractivity contribution in [3.05, 3.63) is 24.4 Å². The molecule has 0 aromatic carbocycles. The van der Waals surface area contributed by atoms with Crippen molar-refractivity contribution >= 4 is 11.0 Å². The second-order valence-electron chi connectivity index (χ2n) is 5.01. The van der Waals surface area contributed by atoms with Gasteiger partial charge in [0.2, 0.25) is 5.88 Å². The van der Waals surface area contributed by atoms with Gasteiger partial charge in [-0.15, -0.1) is 5.10 Å². The lowest BCUT2D eigenvalue weighted by atomic mass is 10.4. The predicted molar refractivity (Wildman–Crippen MR) is 80.0 cm³/mol. The summed E-state index contributed by atoms with van der Waals surface area (Å²) in [6.45, 7) is 0.176. The Hall–Kier alpha value is -2.63. The minimum Gasteiger partial charge on any atom is -0.480 e. The van der Waals surface area contributed by atoms with Crippen LogP contribution in [0.5, 0.6) is 5.88 Å². The lowest BCUT2D eigenvalue weighted by Crippen LogP contribution is -2.20. The first kappa shape index (κ1) is 16.2. The van der Waals surface area contributed by atoms with E-state index in [1.807, 2.05) is 0 Å². The Morgan fingerprint density at radius 2 is 2.21 bits per heavy atom. The van der Waals surface area contributed by atoms with E-state index in [4.69, 9.17) is 14.6 Å². The molecule has 3 rings (SSSR count). The molecule has 11 heteroatoms. The van der Waals surface area contributed by atoms with Crippen molar-refractivity contribution in [1.82, 2.24) is 34.7 Å². The number of rotatable bonds is 8. The Morgan fingerprint density at radius 1 is 1.33 bits per heavy atom. The number of methoxy groups -OCH3 is 1. The van der Waals surface area contributed by atoms with Crippen LogP contribution in [0, 0.1) is 0 Å². The van der Waals surface area contributed by atoms with Crippen molar-refractivity contribution in [2.75, 3.05) is 20.3 Å². The van der Waals surface area contributed by atoms with Gasteiger partial charge in [-0.2, -0.15) is 5.10 Å². The highest BCUT2D eigenvalue weighted by atomic mass is 16.5. The van der Waals surface area contributed by atoms with Crippen LogP contribution in [-0.2, 0) is 18.0 Å². The summed E-state index contributed by atoms with van der Waals surface area (Å²) in [7, 11) is 1.54. The van der Waals surface area contributed by atoms with Crippen LogP contribution < -0.4 is 4.74 Å². The molecule has 0 unspecified atom stereocenters. The summed E-state index contributed by atoms with van der Waals surface area (Å²) >= 11 is 0. The highest BCUT2D eigenvalue weighted by Crippen LogP contribution is 2.20. The van der Waals surface area contributed by atoms with Crippen LogP contribution in [0.15, 0.2) is 18.7 Å². The molecule has 1 atom stereocenters. The van der Waals surface area contributed by atoms with Gasteiger partial charge in [0.25, 0.3) is 0 Å². The van der Waals surface area contributed by atoms with Crippen LogP contribution in [0.4, 0.5) is 0 Å². The molecule has 11 nitrogen and oxygen atoms in total. The van der Waals surface area contributed by atoms with Gasteiger partial charge in [0.1, 0.15) is 30.2 Å². The van der Waals surface area contributed by atoms with E-state index < -0.39 is 6.10 Å². The van der Waals surface area contributed by atoms with Gasteiger partial charge in [-0.3, -0.25) is 0 Å². The van der Waals surface area contributed by atoms with E-state index in [-0.39, 0.29) is 19.9 Å². The number of nitrogens with zero attached hydrogens (tertiary/aromatic N) is 7. The molecule has 128 valence electrons. The van der Waals surface area contributed by atoms with Crippen molar-refractivity contribution < 1.29 is 19.7 Å². The Balaban J connectivity index is 1.67. The largest absolute Gasteiger partial charge is 0.480 e. The first-order valence-electron chi connectivity index (χ1n) is 7.17. The highest BCUT2D eigenvalue weighted by molar-refractivity contribution is 5.79. The van der Waals surface area contributed by atoms with Crippen LogP contribution in [0.2, 0.25) is 0 Å². The molecular weight excluding hydrogens is 318 g/mol. The number of aliphatic hydroxyl groups excluding tert-OH is 2. The zero-order valence-electron chi connectivity index (χ0n) is 13.0. The van der Waals surface area contributed by atoms with Crippen molar-refractivity contribution in [1.29, 1.82) is 0 Å². The zero-order chi connectivity index (χ0) is 16.9. The molecule has 0 aliphatic rings. The van der Waals surface area contributed by atoms with E-state index in [0.29, 0.717) is 29.2 Å². The van der Waals surface area contributed by atoms with Crippen LogP contribution in [0.3, 0.4) is 0 Å². The maximum Gasteiger partial charge on any atom is 0.227 e. The van der Waals surface area contributed by atoms with Crippen LogP contribution in [0.25, 0.3) is 11.0 Å². The third kappa shape index (κ3) is 3.48. The fourth-order valence-electron chi connectivity index (χ4n) is 2.11. The Labute approximate surface area is 136 Å². The molecule has 0 radical (unpaired) electrons. The molecule has 3 aromatic heterocycles. The highest BCUT2D eigenvalue weighted by Gasteiger charge is 2.12. The summed E-state index contributed by atoms with van der Waals surface area (Å²) in [6.07, 6.45) is 3.85. The minimum atomic E-state index is -0.905. The predicted octanol–water partition coefficient (Wildman–Crippen LogP) is -1.20. The van der Waals surface area contributed by atoms with E-state index in [1.165, 1.54) is 11.0 Å².